The molecule has 0 fully saturated rings. The smallest absolute Gasteiger partial charge is 0.285 e. The topological polar surface area (TPSA) is 22.1 Å². The summed E-state index contributed by atoms with van der Waals surface area (Å²) in [5.74, 6) is 0.422. The summed E-state index contributed by atoms with van der Waals surface area (Å²) in [4.78, 5) is 5.00. The second-order valence-electron chi connectivity index (χ2n) is 2.10. The summed E-state index contributed by atoms with van der Waals surface area (Å²) in [6, 6.07) is 2.65. The van der Waals surface area contributed by atoms with Gasteiger partial charge in [-0.1, -0.05) is 15.9 Å². The monoisotopic (exact) mass is 231 g/mol. The van der Waals surface area contributed by atoms with Crippen molar-refractivity contribution in [1.82, 2.24) is 4.98 Å². The quantitative estimate of drug-likeness (QED) is 0.731. The van der Waals surface area contributed by atoms with Crippen LogP contribution in [0.25, 0.3) is 0 Å². The molecule has 4 heteroatoms. The Morgan fingerprint density at radius 2 is 2.50 bits per heavy atom. The molecule has 12 heavy (non-hydrogen) atoms. The number of aryl methyl sites for hydroxylation is 1. The van der Waals surface area contributed by atoms with Crippen molar-refractivity contribution in [2.45, 2.75) is 6.92 Å². The Labute approximate surface area is 78.2 Å². The molecule has 0 saturated carbocycles. The van der Waals surface area contributed by atoms with Gasteiger partial charge >= 0.3 is 0 Å². The van der Waals surface area contributed by atoms with Gasteiger partial charge in [0.05, 0.1) is 10.7 Å². The van der Waals surface area contributed by atoms with Crippen molar-refractivity contribution in [3.05, 3.63) is 35.0 Å². The summed E-state index contributed by atoms with van der Waals surface area (Å²) in [5, 5.41) is 0. The zero-order chi connectivity index (χ0) is 8.97. The van der Waals surface area contributed by atoms with Crippen molar-refractivity contribution >= 4 is 15.9 Å². The molecule has 0 spiro atoms. The highest BCUT2D eigenvalue weighted by molar-refractivity contribution is 9.11. The van der Waals surface area contributed by atoms with Crippen LogP contribution in [0.15, 0.2) is 29.3 Å². The number of pyridine rings is 1. The van der Waals surface area contributed by atoms with Crippen molar-refractivity contribution in [2.75, 3.05) is 0 Å². The fraction of sp³-hybridized carbons (Fsp3) is 0.125. The fourth-order valence-corrected chi connectivity index (χ4v) is 0.798. The Morgan fingerprint density at radius 3 is 3.08 bits per heavy atom. The summed E-state index contributed by atoms with van der Waals surface area (Å²) < 4.78 is 17.3. The van der Waals surface area contributed by atoms with Gasteiger partial charge in [0.25, 0.3) is 6.01 Å². The molecule has 0 N–H and O–H groups in total. The molecular weight excluding hydrogens is 225 g/mol. The van der Waals surface area contributed by atoms with Crippen LogP contribution in [-0.2, 0) is 0 Å². The van der Waals surface area contributed by atoms with Gasteiger partial charge in [-0.05, 0) is 19.1 Å². The second kappa shape index (κ2) is 4.21. The highest BCUT2D eigenvalue weighted by Gasteiger charge is 2.01. The first-order valence-electron chi connectivity index (χ1n) is 3.29. The third kappa shape index (κ3) is 2.30. The van der Waals surface area contributed by atoms with Crippen molar-refractivity contribution in [3.63, 3.8) is 0 Å². The van der Waals surface area contributed by atoms with Crippen LogP contribution in [0.4, 0.5) is 4.39 Å². The van der Waals surface area contributed by atoms with Gasteiger partial charge in [-0.2, -0.15) is 4.39 Å². The zero-order valence-corrected chi connectivity index (χ0v) is 8.01. The third-order valence-electron chi connectivity index (χ3n) is 1.25. The predicted octanol–water partition coefficient (Wildman–Crippen LogP) is 2.93. The van der Waals surface area contributed by atoms with Crippen LogP contribution in [0.3, 0.4) is 0 Å². The third-order valence-corrected chi connectivity index (χ3v) is 1.61. The Bertz CT molecular complexity index is 301. The number of ether oxygens (including phenoxy) is 1. The Balaban J connectivity index is 2.82. The molecule has 1 aromatic rings. The van der Waals surface area contributed by atoms with Gasteiger partial charge in [0, 0.05) is 6.20 Å². The number of halogens is 2. The van der Waals surface area contributed by atoms with E-state index in [-0.39, 0.29) is 0 Å². The molecule has 0 amide bonds. The molecule has 0 bridgehead atoms. The molecule has 0 aliphatic heterocycles. The van der Waals surface area contributed by atoms with Crippen molar-refractivity contribution in [1.29, 1.82) is 0 Å². The van der Waals surface area contributed by atoms with Crippen LogP contribution >= 0.6 is 15.9 Å². The van der Waals surface area contributed by atoms with E-state index in [0.717, 1.165) is 4.99 Å². The minimum atomic E-state index is -0.689. The lowest BCUT2D eigenvalue weighted by Crippen LogP contribution is -1.92. The van der Waals surface area contributed by atoms with Gasteiger partial charge < -0.3 is 4.74 Å². The van der Waals surface area contributed by atoms with Gasteiger partial charge in [-0.25, -0.2) is 0 Å². The van der Waals surface area contributed by atoms with Gasteiger partial charge in [0.15, 0.2) is 5.75 Å². The lowest BCUT2D eigenvalue weighted by molar-refractivity contribution is 0.301. The Kier molecular flexibility index (Phi) is 3.22. The summed E-state index contributed by atoms with van der Waals surface area (Å²) in [7, 11) is 0. The van der Waals surface area contributed by atoms with E-state index in [4.69, 9.17) is 4.74 Å². The average molecular weight is 232 g/mol. The lowest BCUT2D eigenvalue weighted by atomic mass is 10.3. The summed E-state index contributed by atoms with van der Waals surface area (Å²) in [5.41, 5.74) is 0.655. The normalized spacial score (nSPS) is 11.4. The Morgan fingerprint density at radius 1 is 1.75 bits per heavy atom. The molecule has 0 aliphatic rings. The molecule has 1 aromatic heterocycles. The van der Waals surface area contributed by atoms with Crippen molar-refractivity contribution < 1.29 is 9.13 Å². The number of rotatable bonds is 2. The van der Waals surface area contributed by atoms with Crippen molar-refractivity contribution in [3.8, 4) is 5.75 Å². The van der Waals surface area contributed by atoms with Gasteiger partial charge in [-0.15, -0.1) is 0 Å². The van der Waals surface area contributed by atoms with Gasteiger partial charge in [0.1, 0.15) is 0 Å². The molecule has 1 rings (SSSR count). The Hall–Kier alpha value is -0.900. The van der Waals surface area contributed by atoms with Crippen LogP contribution in [0, 0.1) is 6.92 Å². The molecule has 0 atom stereocenters. The molecular formula is C8H7BrFNO. The van der Waals surface area contributed by atoms with E-state index in [1.807, 2.05) is 0 Å². The van der Waals surface area contributed by atoms with E-state index in [9.17, 15) is 4.39 Å². The standard InChI is InChI=1S/C8H7BrFNO/c1-6-7(3-2-4-11-6)12-8(10)5-9/h2-5H,1H3/b8-5+. The molecule has 0 unspecified atom stereocenters. The largest absolute Gasteiger partial charge is 0.429 e. The van der Waals surface area contributed by atoms with Crippen LogP contribution in [0.1, 0.15) is 5.69 Å². The molecule has 1 heterocycles. The zero-order valence-electron chi connectivity index (χ0n) is 6.42. The SMILES string of the molecule is Cc1ncccc1O/C(F)=C/Br. The van der Waals surface area contributed by atoms with Crippen LogP contribution < -0.4 is 4.74 Å². The maximum atomic E-state index is 12.6. The summed E-state index contributed by atoms with van der Waals surface area (Å²) in [6.45, 7) is 1.75. The van der Waals surface area contributed by atoms with Gasteiger partial charge in [0.2, 0.25) is 0 Å². The maximum Gasteiger partial charge on any atom is 0.285 e. The maximum absolute atomic E-state index is 12.6. The molecule has 64 valence electrons. The molecule has 0 saturated heterocycles. The number of hydrogen-bond acceptors (Lipinski definition) is 2. The highest BCUT2D eigenvalue weighted by Crippen LogP contribution is 2.17. The van der Waals surface area contributed by atoms with Crippen LogP contribution in [0.5, 0.6) is 5.75 Å². The van der Waals surface area contributed by atoms with E-state index in [1.165, 1.54) is 0 Å². The van der Waals surface area contributed by atoms with E-state index in [2.05, 4.69) is 20.9 Å². The first-order valence-corrected chi connectivity index (χ1v) is 4.21. The molecule has 2 nitrogen and oxygen atoms in total. The molecule has 0 aromatic carbocycles. The lowest BCUT2D eigenvalue weighted by Gasteiger charge is -2.03. The predicted molar refractivity (Wildman–Crippen MR) is 47.7 cm³/mol. The fourth-order valence-electron chi connectivity index (χ4n) is 0.705. The van der Waals surface area contributed by atoms with Crippen LogP contribution in [0.2, 0.25) is 0 Å². The van der Waals surface area contributed by atoms with E-state index in [1.54, 1.807) is 25.3 Å². The average Bonchev–Trinajstić information content (AvgIpc) is 2.09. The number of hydrogen-bond donors (Lipinski definition) is 0. The van der Waals surface area contributed by atoms with Crippen molar-refractivity contribution in [2.24, 2.45) is 0 Å². The molecule has 0 radical (unpaired) electrons. The van der Waals surface area contributed by atoms with E-state index >= 15 is 0 Å². The highest BCUT2D eigenvalue weighted by atomic mass is 79.9. The van der Waals surface area contributed by atoms with Crippen LogP contribution in [-0.4, -0.2) is 4.98 Å². The first-order chi connectivity index (χ1) is 5.74. The minimum Gasteiger partial charge on any atom is -0.429 e. The minimum absolute atomic E-state index is 0.422. The molecule has 0 aliphatic carbocycles. The van der Waals surface area contributed by atoms with Gasteiger partial charge in [-0.3, -0.25) is 4.98 Å². The summed E-state index contributed by atoms with van der Waals surface area (Å²) >= 11 is 2.81. The van der Waals surface area contributed by atoms with E-state index in [0.29, 0.717) is 11.4 Å². The first kappa shape index (κ1) is 9.19. The number of nitrogens with zero attached hydrogens (tertiary/aromatic N) is 1. The number of aromatic nitrogens is 1. The summed E-state index contributed by atoms with van der Waals surface area (Å²) in [6.07, 6.45) is 1.62. The second-order valence-corrected chi connectivity index (χ2v) is 2.56. The van der Waals surface area contributed by atoms with E-state index < -0.39 is 6.01 Å².